The number of hydrogen-bond acceptors (Lipinski definition) is 4. The number of rotatable bonds is 5. The first-order chi connectivity index (χ1) is 9.84. The fraction of sp³-hybridized carbons (Fsp3) is 0.167. The molecule has 0 amide bonds. The minimum absolute atomic E-state index is 0.177. The summed E-state index contributed by atoms with van der Waals surface area (Å²) in [6, 6.07) is 6.17. The van der Waals surface area contributed by atoms with Crippen LogP contribution < -0.4 is 10.3 Å². The van der Waals surface area contributed by atoms with Crippen LogP contribution in [0.25, 0.3) is 5.69 Å². The van der Waals surface area contributed by atoms with E-state index in [2.05, 4.69) is 9.82 Å². The number of nitrogens with zero attached hydrogens (tertiary/aromatic N) is 1. The maximum Gasteiger partial charge on any atom is 0.342 e. The maximum atomic E-state index is 11.8. The largest absolute Gasteiger partial charge is 0.477 e. The van der Waals surface area contributed by atoms with E-state index in [4.69, 9.17) is 5.11 Å². The summed E-state index contributed by atoms with van der Waals surface area (Å²) in [4.78, 5) is 22.6. The lowest BCUT2D eigenvalue weighted by atomic mass is 10.2. The molecule has 0 aliphatic carbocycles. The fourth-order valence-electron chi connectivity index (χ4n) is 1.75. The molecule has 2 aromatic rings. The summed E-state index contributed by atoms with van der Waals surface area (Å²) in [6.07, 6.45) is 1.10. The van der Waals surface area contributed by atoms with Gasteiger partial charge in [-0.2, -0.15) is 0 Å². The molecule has 9 heteroatoms. The van der Waals surface area contributed by atoms with Crippen molar-refractivity contribution in [2.75, 3.05) is 7.05 Å². The first-order valence-corrected chi connectivity index (χ1v) is 7.53. The van der Waals surface area contributed by atoms with Gasteiger partial charge < -0.3 is 5.11 Å². The van der Waals surface area contributed by atoms with Crippen LogP contribution in [0.15, 0.2) is 35.3 Å². The molecule has 0 saturated carbocycles. The van der Waals surface area contributed by atoms with Gasteiger partial charge in [-0.1, -0.05) is 12.1 Å². The Kier molecular flexibility index (Phi) is 3.96. The number of aromatic carboxylic acids is 1. The van der Waals surface area contributed by atoms with E-state index in [0.717, 1.165) is 10.9 Å². The summed E-state index contributed by atoms with van der Waals surface area (Å²) in [6.45, 7) is 0. The normalized spacial score (nSPS) is 11.5. The van der Waals surface area contributed by atoms with Crippen LogP contribution in [0.1, 0.15) is 15.9 Å². The highest BCUT2D eigenvalue weighted by Crippen LogP contribution is 2.10. The summed E-state index contributed by atoms with van der Waals surface area (Å²) >= 11 is 0. The average Bonchev–Trinajstić information content (AvgIpc) is 2.81. The number of carboxylic acids is 1. The van der Waals surface area contributed by atoms with Gasteiger partial charge in [0.05, 0.1) is 11.4 Å². The molecule has 21 heavy (non-hydrogen) atoms. The monoisotopic (exact) mass is 311 g/mol. The van der Waals surface area contributed by atoms with Gasteiger partial charge in [-0.05, 0) is 24.7 Å². The number of nitrogens with one attached hydrogen (secondary N) is 2. The summed E-state index contributed by atoms with van der Waals surface area (Å²) in [5.74, 6) is -1.49. The van der Waals surface area contributed by atoms with Crippen molar-refractivity contribution in [3.63, 3.8) is 0 Å². The Morgan fingerprint density at radius 3 is 2.43 bits per heavy atom. The SMILES string of the molecule is CNS(=O)(=O)Cc1ccc(-n2[nH]cc(C(=O)O)c2=O)cc1. The zero-order valence-electron chi connectivity index (χ0n) is 11.0. The van der Waals surface area contributed by atoms with Crippen LogP contribution in [-0.4, -0.2) is 36.3 Å². The highest BCUT2D eigenvalue weighted by Gasteiger charge is 2.14. The standard InChI is InChI=1S/C12H13N3O5S/c1-13-21(19,20)7-8-2-4-9(5-3-8)15-11(16)10(6-14-15)12(17)18/h2-6,13-14H,7H2,1H3,(H,17,18). The van der Waals surface area contributed by atoms with E-state index in [-0.39, 0.29) is 11.3 Å². The molecule has 1 heterocycles. The molecule has 0 unspecified atom stereocenters. The molecule has 0 aliphatic heterocycles. The predicted octanol–water partition coefficient (Wildman–Crippen LogP) is -0.0870. The molecule has 0 atom stereocenters. The van der Waals surface area contributed by atoms with Gasteiger partial charge in [-0.3, -0.25) is 9.89 Å². The lowest BCUT2D eigenvalue weighted by Gasteiger charge is -2.05. The molecule has 112 valence electrons. The van der Waals surface area contributed by atoms with Gasteiger partial charge in [-0.25, -0.2) is 22.6 Å². The van der Waals surface area contributed by atoms with Gasteiger partial charge in [0, 0.05) is 6.20 Å². The van der Waals surface area contributed by atoms with E-state index in [0.29, 0.717) is 11.3 Å². The quantitative estimate of drug-likeness (QED) is 0.712. The molecular formula is C12H13N3O5S. The maximum absolute atomic E-state index is 11.8. The zero-order valence-corrected chi connectivity index (χ0v) is 11.8. The fourth-order valence-corrected chi connectivity index (χ4v) is 2.52. The topological polar surface area (TPSA) is 121 Å². The molecule has 0 aliphatic rings. The molecule has 3 N–H and O–H groups in total. The van der Waals surface area contributed by atoms with Crippen LogP contribution in [0.2, 0.25) is 0 Å². The Bertz CT molecular complexity index is 817. The van der Waals surface area contributed by atoms with Crippen molar-refractivity contribution < 1.29 is 18.3 Å². The third-order valence-corrected chi connectivity index (χ3v) is 4.20. The number of hydrogen-bond donors (Lipinski definition) is 3. The molecule has 1 aromatic heterocycles. The molecule has 0 radical (unpaired) electrons. The number of carboxylic acid groups (broad SMARTS) is 1. The molecule has 0 saturated heterocycles. The zero-order chi connectivity index (χ0) is 15.6. The number of benzene rings is 1. The number of aromatic nitrogens is 2. The molecule has 0 bridgehead atoms. The number of aromatic amines is 1. The number of sulfonamides is 1. The van der Waals surface area contributed by atoms with Crippen LogP contribution in [0, 0.1) is 0 Å². The van der Waals surface area contributed by atoms with Crippen molar-refractivity contribution in [1.29, 1.82) is 0 Å². The first kappa shape index (κ1) is 15.0. The van der Waals surface area contributed by atoms with Crippen LogP contribution in [-0.2, 0) is 15.8 Å². The smallest absolute Gasteiger partial charge is 0.342 e. The lowest BCUT2D eigenvalue weighted by Crippen LogP contribution is -2.21. The van der Waals surface area contributed by atoms with Crippen LogP contribution >= 0.6 is 0 Å². The van der Waals surface area contributed by atoms with E-state index in [1.807, 2.05) is 0 Å². The van der Waals surface area contributed by atoms with E-state index in [1.54, 1.807) is 12.1 Å². The highest BCUT2D eigenvalue weighted by molar-refractivity contribution is 7.88. The molecular weight excluding hydrogens is 298 g/mol. The van der Waals surface area contributed by atoms with Crippen molar-refractivity contribution in [3.8, 4) is 5.69 Å². The summed E-state index contributed by atoms with van der Waals surface area (Å²) in [7, 11) is -2.04. The second kappa shape index (κ2) is 5.54. The van der Waals surface area contributed by atoms with Gasteiger partial charge in [0.15, 0.2) is 0 Å². The summed E-state index contributed by atoms with van der Waals surface area (Å²) in [5, 5.41) is 11.4. The lowest BCUT2D eigenvalue weighted by molar-refractivity contribution is 0.0695. The summed E-state index contributed by atoms with van der Waals surface area (Å²) < 4.78 is 26.1. The minimum Gasteiger partial charge on any atom is -0.477 e. The molecule has 1 aromatic carbocycles. The van der Waals surface area contributed by atoms with Gasteiger partial charge in [0.1, 0.15) is 5.56 Å². The first-order valence-electron chi connectivity index (χ1n) is 5.88. The van der Waals surface area contributed by atoms with Crippen molar-refractivity contribution in [3.05, 3.63) is 51.9 Å². The Labute approximate surface area is 120 Å². The van der Waals surface area contributed by atoms with Crippen molar-refractivity contribution in [2.24, 2.45) is 0 Å². The summed E-state index contributed by atoms with van der Waals surface area (Å²) in [5.41, 5.74) is -0.0841. The van der Waals surface area contributed by atoms with Crippen LogP contribution in [0.4, 0.5) is 0 Å². The number of carbonyl (C=O) groups is 1. The molecule has 0 fully saturated rings. The second-order valence-electron chi connectivity index (χ2n) is 4.26. The van der Waals surface area contributed by atoms with E-state index < -0.39 is 21.6 Å². The van der Waals surface area contributed by atoms with Gasteiger partial charge in [-0.15, -0.1) is 0 Å². The number of H-pyrrole nitrogens is 1. The average molecular weight is 311 g/mol. The van der Waals surface area contributed by atoms with Crippen molar-refractivity contribution >= 4 is 16.0 Å². The van der Waals surface area contributed by atoms with E-state index in [1.165, 1.54) is 19.2 Å². The Morgan fingerprint density at radius 2 is 1.95 bits per heavy atom. The Hall–Kier alpha value is -2.39. The molecule has 8 nitrogen and oxygen atoms in total. The third kappa shape index (κ3) is 3.20. The van der Waals surface area contributed by atoms with Crippen molar-refractivity contribution in [1.82, 2.24) is 14.5 Å². The third-order valence-electron chi connectivity index (χ3n) is 2.86. The van der Waals surface area contributed by atoms with Crippen LogP contribution in [0.5, 0.6) is 0 Å². The van der Waals surface area contributed by atoms with Crippen LogP contribution in [0.3, 0.4) is 0 Å². The minimum atomic E-state index is -3.37. The predicted molar refractivity (Wildman–Crippen MR) is 75.0 cm³/mol. The Morgan fingerprint density at radius 1 is 1.33 bits per heavy atom. The van der Waals surface area contributed by atoms with Crippen molar-refractivity contribution in [2.45, 2.75) is 5.75 Å². The van der Waals surface area contributed by atoms with Gasteiger partial charge >= 0.3 is 5.97 Å². The molecule has 0 spiro atoms. The Balaban J connectivity index is 2.32. The van der Waals surface area contributed by atoms with Gasteiger partial charge in [0.25, 0.3) is 5.56 Å². The highest BCUT2D eigenvalue weighted by atomic mass is 32.2. The van der Waals surface area contributed by atoms with E-state index in [9.17, 15) is 18.0 Å². The van der Waals surface area contributed by atoms with Gasteiger partial charge in [0.2, 0.25) is 10.0 Å². The second-order valence-corrected chi connectivity index (χ2v) is 6.19. The molecule has 2 rings (SSSR count). The van der Waals surface area contributed by atoms with E-state index >= 15 is 0 Å².